The second kappa shape index (κ2) is 6.89. The van der Waals surface area contributed by atoms with Gasteiger partial charge in [0, 0.05) is 19.5 Å². The van der Waals surface area contributed by atoms with E-state index in [2.05, 4.69) is 10.6 Å². The van der Waals surface area contributed by atoms with E-state index >= 15 is 0 Å². The number of carbonyl (C=O) groups excluding carboxylic acids is 2. The molecule has 0 aliphatic carbocycles. The Hall–Kier alpha value is -1.88. The van der Waals surface area contributed by atoms with Gasteiger partial charge in [0.15, 0.2) is 0 Å². The molecule has 0 bridgehead atoms. The number of amides is 2. The van der Waals surface area contributed by atoms with Crippen LogP contribution in [0.25, 0.3) is 0 Å². The average molecular weight is 263 g/mol. The lowest BCUT2D eigenvalue weighted by Crippen LogP contribution is -2.49. The van der Waals surface area contributed by atoms with Crippen LogP contribution in [0.1, 0.15) is 25.8 Å². The molecule has 4 N–H and O–H groups in total. The fourth-order valence-electron chi connectivity index (χ4n) is 1.40. The predicted molar refractivity (Wildman–Crippen MR) is 74.2 cm³/mol. The van der Waals surface area contributed by atoms with E-state index in [4.69, 9.17) is 5.73 Å². The highest BCUT2D eigenvalue weighted by atomic mass is 16.2. The minimum absolute atomic E-state index is 0.0982. The zero-order valence-electron chi connectivity index (χ0n) is 11.4. The summed E-state index contributed by atoms with van der Waals surface area (Å²) in [6, 6.07) is 9.66. The van der Waals surface area contributed by atoms with E-state index in [-0.39, 0.29) is 18.2 Å². The molecule has 0 aliphatic heterocycles. The number of nitrogens with one attached hydrogen (secondary N) is 2. The average Bonchev–Trinajstić information content (AvgIpc) is 2.36. The van der Waals surface area contributed by atoms with Crippen molar-refractivity contribution in [3.8, 4) is 0 Å². The van der Waals surface area contributed by atoms with Crippen LogP contribution in [-0.4, -0.2) is 23.9 Å². The topological polar surface area (TPSA) is 84.2 Å². The molecule has 0 heterocycles. The van der Waals surface area contributed by atoms with Gasteiger partial charge >= 0.3 is 0 Å². The fourth-order valence-corrected chi connectivity index (χ4v) is 1.40. The largest absolute Gasteiger partial charge is 0.354 e. The first-order valence-electron chi connectivity index (χ1n) is 6.27. The summed E-state index contributed by atoms with van der Waals surface area (Å²) in [5.41, 5.74) is 5.75. The Labute approximate surface area is 113 Å². The fraction of sp³-hybridized carbons (Fsp3) is 0.429. The van der Waals surface area contributed by atoms with Crippen molar-refractivity contribution < 1.29 is 9.59 Å². The molecule has 5 heteroatoms. The Morgan fingerprint density at radius 3 is 2.37 bits per heavy atom. The van der Waals surface area contributed by atoms with Crippen LogP contribution in [-0.2, 0) is 16.1 Å². The number of hydrogen-bond acceptors (Lipinski definition) is 3. The molecule has 0 saturated carbocycles. The van der Waals surface area contributed by atoms with Crippen LogP contribution in [0.15, 0.2) is 30.3 Å². The number of hydrogen-bond donors (Lipinski definition) is 3. The molecule has 0 saturated heterocycles. The van der Waals surface area contributed by atoms with E-state index in [1.807, 2.05) is 30.3 Å². The normalized spacial score (nSPS) is 10.9. The van der Waals surface area contributed by atoms with Crippen LogP contribution < -0.4 is 16.4 Å². The van der Waals surface area contributed by atoms with Crippen LogP contribution in [0.2, 0.25) is 0 Å². The first-order valence-corrected chi connectivity index (χ1v) is 6.27. The smallest absolute Gasteiger partial charge is 0.239 e. The maximum absolute atomic E-state index is 11.6. The molecule has 5 nitrogen and oxygen atoms in total. The summed E-state index contributed by atoms with van der Waals surface area (Å²) in [5, 5.41) is 5.42. The lowest BCUT2D eigenvalue weighted by atomic mass is 10.1. The van der Waals surface area contributed by atoms with Crippen LogP contribution in [0.3, 0.4) is 0 Å². The minimum Gasteiger partial charge on any atom is -0.354 e. The van der Waals surface area contributed by atoms with Crippen molar-refractivity contribution in [3.63, 3.8) is 0 Å². The molecule has 19 heavy (non-hydrogen) atoms. The summed E-state index contributed by atoms with van der Waals surface area (Å²) in [6.45, 7) is 4.03. The molecule has 0 aromatic heterocycles. The van der Waals surface area contributed by atoms with Crippen LogP contribution in [0.4, 0.5) is 0 Å². The molecule has 1 aromatic carbocycles. The highest BCUT2D eigenvalue weighted by Crippen LogP contribution is 1.98. The molecule has 0 atom stereocenters. The summed E-state index contributed by atoms with van der Waals surface area (Å²) in [7, 11) is 0. The van der Waals surface area contributed by atoms with Gasteiger partial charge in [-0.2, -0.15) is 0 Å². The van der Waals surface area contributed by atoms with Gasteiger partial charge in [0.2, 0.25) is 11.8 Å². The zero-order valence-corrected chi connectivity index (χ0v) is 11.4. The Kier molecular flexibility index (Phi) is 5.51. The monoisotopic (exact) mass is 263 g/mol. The molecule has 0 fully saturated rings. The first-order chi connectivity index (χ1) is 8.89. The number of nitrogens with two attached hydrogens (primary N) is 1. The van der Waals surface area contributed by atoms with Gasteiger partial charge in [-0.3, -0.25) is 9.59 Å². The summed E-state index contributed by atoms with van der Waals surface area (Å²) >= 11 is 0. The molecule has 0 unspecified atom stereocenters. The molecule has 2 amide bonds. The third kappa shape index (κ3) is 6.01. The van der Waals surface area contributed by atoms with Crippen molar-refractivity contribution >= 4 is 11.8 Å². The predicted octanol–water partition coefficient (Wildman–Crippen LogP) is 0.546. The highest BCUT2D eigenvalue weighted by molar-refractivity contribution is 5.85. The van der Waals surface area contributed by atoms with E-state index in [0.29, 0.717) is 13.1 Å². The molecule has 0 aliphatic rings. The van der Waals surface area contributed by atoms with Crippen molar-refractivity contribution in [2.75, 3.05) is 6.54 Å². The standard InChI is InChI=1S/C14H21N3O2/c1-14(2,15)13(19)16-9-8-12(18)17-10-11-6-4-3-5-7-11/h3-7H,8-10,15H2,1-2H3,(H,16,19)(H,17,18). The van der Waals surface area contributed by atoms with Crippen molar-refractivity contribution in [2.24, 2.45) is 5.73 Å². The van der Waals surface area contributed by atoms with Crippen molar-refractivity contribution in [2.45, 2.75) is 32.4 Å². The van der Waals surface area contributed by atoms with Crippen LogP contribution >= 0.6 is 0 Å². The summed E-state index contributed by atoms with van der Waals surface area (Å²) < 4.78 is 0. The Morgan fingerprint density at radius 2 is 1.79 bits per heavy atom. The van der Waals surface area contributed by atoms with Crippen molar-refractivity contribution in [3.05, 3.63) is 35.9 Å². The molecular formula is C14H21N3O2. The lowest BCUT2D eigenvalue weighted by molar-refractivity contribution is -0.125. The lowest BCUT2D eigenvalue weighted by Gasteiger charge is -2.17. The molecule has 104 valence electrons. The molecule has 0 spiro atoms. The van der Waals surface area contributed by atoms with Gasteiger partial charge in [-0.15, -0.1) is 0 Å². The summed E-state index contributed by atoms with van der Waals surface area (Å²) in [5.74, 6) is -0.359. The molecule has 0 radical (unpaired) electrons. The third-order valence-corrected chi connectivity index (χ3v) is 2.56. The SMILES string of the molecule is CC(C)(N)C(=O)NCCC(=O)NCc1ccccc1. The summed E-state index contributed by atoms with van der Waals surface area (Å²) in [6.07, 6.45) is 0.245. The van der Waals surface area contributed by atoms with Gasteiger partial charge < -0.3 is 16.4 Å². The van der Waals surface area contributed by atoms with Crippen LogP contribution in [0, 0.1) is 0 Å². The number of rotatable bonds is 6. The third-order valence-electron chi connectivity index (χ3n) is 2.56. The Morgan fingerprint density at radius 1 is 1.16 bits per heavy atom. The number of benzene rings is 1. The van der Waals surface area contributed by atoms with Crippen LogP contribution in [0.5, 0.6) is 0 Å². The van der Waals surface area contributed by atoms with E-state index in [1.165, 1.54) is 0 Å². The van der Waals surface area contributed by atoms with E-state index in [1.54, 1.807) is 13.8 Å². The zero-order chi connectivity index (χ0) is 14.3. The van der Waals surface area contributed by atoms with Crippen molar-refractivity contribution in [1.29, 1.82) is 0 Å². The van der Waals surface area contributed by atoms with E-state index in [9.17, 15) is 9.59 Å². The quantitative estimate of drug-likeness (QED) is 0.700. The van der Waals surface area contributed by atoms with Gasteiger partial charge in [0.05, 0.1) is 5.54 Å². The van der Waals surface area contributed by atoms with Gasteiger partial charge in [0.1, 0.15) is 0 Å². The summed E-state index contributed by atoms with van der Waals surface area (Å²) in [4.78, 5) is 23.0. The molecular weight excluding hydrogens is 242 g/mol. The second-order valence-corrected chi connectivity index (χ2v) is 4.99. The van der Waals surface area contributed by atoms with Gasteiger partial charge in [-0.25, -0.2) is 0 Å². The second-order valence-electron chi connectivity index (χ2n) is 4.99. The molecule has 1 aromatic rings. The maximum atomic E-state index is 11.6. The Balaban J connectivity index is 2.20. The van der Waals surface area contributed by atoms with E-state index in [0.717, 1.165) is 5.56 Å². The van der Waals surface area contributed by atoms with Crippen molar-refractivity contribution in [1.82, 2.24) is 10.6 Å². The maximum Gasteiger partial charge on any atom is 0.239 e. The van der Waals surface area contributed by atoms with Gasteiger partial charge in [-0.1, -0.05) is 30.3 Å². The minimum atomic E-state index is -0.916. The highest BCUT2D eigenvalue weighted by Gasteiger charge is 2.21. The van der Waals surface area contributed by atoms with E-state index < -0.39 is 5.54 Å². The Bertz CT molecular complexity index is 424. The van der Waals surface area contributed by atoms with Gasteiger partial charge in [-0.05, 0) is 19.4 Å². The molecule has 1 rings (SSSR count). The van der Waals surface area contributed by atoms with Gasteiger partial charge in [0.25, 0.3) is 0 Å². The number of carbonyl (C=O) groups is 2. The first kappa shape index (κ1) is 15.2.